The van der Waals surface area contributed by atoms with Crippen LogP contribution < -0.4 is 10.0 Å². The van der Waals surface area contributed by atoms with Crippen molar-refractivity contribution in [2.75, 3.05) is 6.54 Å². The zero-order valence-corrected chi connectivity index (χ0v) is 24.2. The van der Waals surface area contributed by atoms with E-state index in [4.69, 9.17) is 0 Å². The highest BCUT2D eigenvalue weighted by Gasteiger charge is 2.25. The number of aliphatic carboxylic acids is 1. The van der Waals surface area contributed by atoms with Crippen molar-refractivity contribution < 1.29 is 23.1 Å². The van der Waals surface area contributed by atoms with Crippen molar-refractivity contribution in [1.82, 2.24) is 10.0 Å². The Bertz CT molecular complexity index is 1300. The Morgan fingerprint density at radius 3 is 2.08 bits per heavy atom. The SMILES string of the molecule is O=C(CCCCCc1ccccc1)NCCCCC(NS(=O)(=O)c1ccc(-c2ccc(Br)cc2)cc1)C(=O)O. The Balaban J connectivity index is 1.36. The maximum absolute atomic E-state index is 12.8. The number of hydrogen-bond donors (Lipinski definition) is 3. The highest BCUT2D eigenvalue weighted by atomic mass is 79.9. The van der Waals surface area contributed by atoms with E-state index in [9.17, 15) is 23.1 Å². The molecule has 0 saturated heterocycles. The molecule has 0 spiro atoms. The van der Waals surface area contributed by atoms with Gasteiger partial charge in [0.2, 0.25) is 15.9 Å². The van der Waals surface area contributed by atoms with E-state index in [2.05, 4.69) is 38.1 Å². The van der Waals surface area contributed by atoms with E-state index >= 15 is 0 Å². The van der Waals surface area contributed by atoms with Crippen LogP contribution >= 0.6 is 15.9 Å². The van der Waals surface area contributed by atoms with E-state index in [1.54, 1.807) is 12.1 Å². The molecule has 3 aromatic rings. The minimum absolute atomic E-state index is 0.00523. The van der Waals surface area contributed by atoms with Crippen LogP contribution in [-0.4, -0.2) is 38.0 Å². The van der Waals surface area contributed by atoms with Crippen molar-refractivity contribution in [1.29, 1.82) is 0 Å². The van der Waals surface area contributed by atoms with Gasteiger partial charge in [-0.1, -0.05) is 76.9 Å². The zero-order chi connectivity index (χ0) is 28.1. The number of carbonyl (C=O) groups is 2. The standard InChI is InChI=1S/C30H35BrN2O5S/c31-26-18-14-24(15-19-26)25-16-20-27(21-17-25)39(37,38)33-28(30(35)36)12-7-8-22-32-29(34)13-6-2-5-11-23-9-3-1-4-10-23/h1,3-4,9-10,14-21,28,33H,2,5-8,11-13,22H2,(H,32,34)(H,35,36). The average molecular weight is 616 g/mol. The molecule has 1 amide bonds. The highest BCUT2D eigenvalue weighted by Crippen LogP contribution is 2.23. The summed E-state index contributed by atoms with van der Waals surface area (Å²) in [6.45, 7) is 0.430. The Labute approximate surface area is 239 Å². The molecule has 3 aromatic carbocycles. The number of nitrogens with one attached hydrogen (secondary N) is 2. The summed E-state index contributed by atoms with van der Waals surface area (Å²) < 4.78 is 28.9. The molecule has 0 saturated carbocycles. The van der Waals surface area contributed by atoms with Crippen molar-refractivity contribution in [3.63, 3.8) is 0 Å². The number of sulfonamides is 1. The number of aryl methyl sites for hydroxylation is 1. The second-order valence-electron chi connectivity index (χ2n) is 9.44. The third-order valence-electron chi connectivity index (χ3n) is 6.39. The summed E-state index contributed by atoms with van der Waals surface area (Å²) in [5, 5.41) is 12.4. The van der Waals surface area contributed by atoms with Crippen LogP contribution in [0.15, 0.2) is 88.2 Å². The fourth-order valence-corrected chi connectivity index (χ4v) is 5.67. The average Bonchev–Trinajstić information content (AvgIpc) is 2.93. The van der Waals surface area contributed by atoms with E-state index in [1.807, 2.05) is 42.5 Å². The van der Waals surface area contributed by atoms with Crippen molar-refractivity contribution in [3.05, 3.63) is 88.9 Å². The predicted molar refractivity (Wildman–Crippen MR) is 157 cm³/mol. The summed E-state index contributed by atoms with van der Waals surface area (Å²) in [5.41, 5.74) is 3.10. The first kappa shape index (κ1) is 30.5. The van der Waals surface area contributed by atoms with Crippen LogP contribution in [0.1, 0.15) is 50.5 Å². The van der Waals surface area contributed by atoms with Gasteiger partial charge in [-0.25, -0.2) is 8.42 Å². The Morgan fingerprint density at radius 2 is 1.44 bits per heavy atom. The van der Waals surface area contributed by atoms with Gasteiger partial charge in [-0.05, 0) is 79.5 Å². The van der Waals surface area contributed by atoms with Crippen LogP contribution in [0.3, 0.4) is 0 Å². The van der Waals surface area contributed by atoms with Gasteiger partial charge in [-0.2, -0.15) is 4.72 Å². The normalized spacial score (nSPS) is 12.1. The first-order valence-corrected chi connectivity index (χ1v) is 15.4. The van der Waals surface area contributed by atoms with Gasteiger partial charge in [0.25, 0.3) is 0 Å². The minimum Gasteiger partial charge on any atom is -0.480 e. The zero-order valence-electron chi connectivity index (χ0n) is 21.8. The van der Waals surface area contributed by atoms with Crippen molar-refractivity contribution >= 4 is 37.8 Å². The summed E-state index contributed by atoms with van der Waals surface area (Å²) in [6.07, 6.45) is 5.47. The second kappa shape index (κ2) is 15.5. The van der Waals surface area contributed by atoms with Gasteiger partial charge >= 0.3 is 5.97 Å². The van der Waals surface area contributed by atoms with Crippen LogP contribution in [-0.2, 0) is 26.0 Å². The summed E-state index contributed by atoms with van der Waals surface area (Å²) in [7, 11) is -4.01. The van der Waals surface area contributed by atoms with E-state index < -0.39 is 22.0 Å². The molecule has 0 aromatic heterocycles. The van der Waals surface area contributed by atoms with Gasteiger partial charge in [-0.3, -0.25) is 9.59 Å². The lowest BCUT2D eigenvalue weighted by molar-refractivity contribution is -0.139. The molecule has 0 bridgehead atoms. The van der Waals surface area contributed by atoms with Gasteiger partial charge in [0.1, 0.15) is 6.04 Å². The number of unbranched alkanes of at least 4 members (excludes halogenated alkanes) is 3. The molecule has 0 radical (unpaired) electrons. The van der Waals surface area contributed by atoms with Gasteiger partial charge in [-0.15, -0.1) is 0 Å². The molecule has 9 heteroatoms. The van der Waals surface area contributed by atoms with Gasteiger partial charge < -0.3 is 10.4 Å². The summed E-state index contributed by atoms with van der Waals surface area (Å²) in [5.74, 6) is -1.25. The van der Waals surface area contributed by atoms with Crippen LogP contribution in [0.4, 0.5) is 0 Å². The number of hydrogen-bond acceptors (Lipinski definition) is 4. The predicted octanol–water partition coefficient (Wildman–Crippen LogP) is 5.94. The van der Waals surface area contributed by atoms with Gasteiger partial charge in [0, 0.05) is 17.4 Å². The third-order valence-corrected chi connectivity index (χ3v) is 8.41. The van der Waals surface area contributed by atoms with Gasteiger partial charge in [0.15, 0.2) is 0 Å². The molecule has 39 heavy (non-hydrogen) atoms. The maximum Gasteiger partial charge on any atom is 0.321 e. The number of amides is 1. The number of carboxylic acids is 1. The first-order chi connectivity index (χ1) is 18.7. The summed E-state index contributed by atoms with van der Waals surface area (Å²) in [6, 6.07) is 23.0. The Kier molecular flexibility index (Phi) is 12.2. The van der Waals surface area contributed by atoms with E-state index in [0.29, 0.717) is 25.8 Å². The monoisotopic (exact) mass is 614 g/mol. The van der Waals surface area contributed by atoms with Crippen LogP contribution in [0.5, 0.6) is 0 Å². The van der Waals surface area contributed by atoms with E-state index in [-0.39, 0.29) is 17.2 Å². The lowest BCUT2D eigenvalue weighted by Crippen LogP contribution is -2.40. The molecular weight excluding hydrogens is 580 g/mol. The van der Waals surface area contributed by atoms with Crippen molar-refractivity contribution in [2.24, 2.45) is 0 Å². The third kappa shape index (κ3) is 10.6. The smallest absolute Gasteiger partial charge is 0.321 e. The van der Waals surface area contributed by atoms with Crippen LogP contribution in [0.25, 0.3) is 11.1 Å². The van der Waals surface area contributed by atoms with Gasteiger partial charge in [0.05, 0.1) is 4.90 Å². The summed E-state index contributed by atoms with van der Waals surface area (Å²) in [4.78, 5) is 23.8. The molecule has 3 rings (SSSR count). The molecule has 1 unspecified atom stereocenters. The fraction of sp³-hybridized carbons (Fsp3) is 0.333. The molecule has 208 valence electrons. The number of carbonyl (C=O) groups excluding carboxylic acids is 1. The lowest BCUT2D eigenvalue weighted by atomic mass is 10.1. The second-order valence-corrected chi connectivity index (χ2v) is 12.1. The van der Waals surface area contributed by atoms with Crippen LogP contribution in [0.2, 0.25) is 0 Å². The number of halogens is 1. The lowest BCUT2D eigenvalue weighted by Gasteiger charge is -2.15. The number of rotatable bonds is 16. The molecule has 0 heterocycles. The Hall–Kier alpha value is -3.01. The van der Waals surface area contributed by atoms with E-state index in [0.717, 1.165) is 41.3 Å². The molecular formula is C30H35BrN2O5S. The molecule has 0 fully saturated rings. The fourth-order valence-electron chi connectivity index (χ4n) is 4.18. The van der Waals surface area contributed by atoms with E-state index in [1.165, 1.54) is 17.7 Å². The molecule has 0 aliphatic carbocycles. The first-order valence-electron chi connectivity index (χ1n) is 13.2. The quantitative estimate of drug-likeness (QED) is 0.173. The number of carboxylic acid groups (broad SMARTS) is 1. The molecule has 7 nitrogen and oxygen atoms in total. The molecule has 3 N–H and O–H groups in total. The molecule has 0 aliphatic heterocycles. The highest BCUT2D eigenvalue weighted by molar-refractivity contribution is 9.10. The van der Waals surface area contributed by atoms with Crippen molar-refractivity contribution in [3.8, 4) is 11.1 Å². The topological polar surface area (TPSA) is 113 Å². The number of benzene rings is 3. The van der Waals surface area contributed by atoms with Crippen LogP contribution in [0, 0.1) is 0 Å². The Morgan fingerprint density at radius 1 is 0.795 bits per heavy atom. The minimum atomic E-state index is -4.01. The maximum atomic E-state index is 12.8. The van der Waals surface area contributed by atoms with Crippen molar-refractivity contribution in [2.45, 2.75) is 62.3 Å². The summed E-state index contributed by atoms with van der Waals surface area (Å²) >= 11 is 3.39. The molecule has 1 atom stereocenters. The molecule has 0 aliphatic rings. The largest absolute Gasteiger partial charge is 0.480 e.